The number of hydrogen-bond donors (Lipinski definition) is 1. The molecular formula is C6H4ClN2O2+. The monoisotopic (exact) mass is 171 g/mol. The summed E-state index contributed by atoms with van der Waals surface area (Å²) in [5, 5.41) is 0.500. The van der Waals surface area contributed by atoms with E-state index in [2.05, 4.69) is 9.97 Å². The molecule has 0 amide bonds. The number of oxazole rings is 1. The summed E-state index contributed by atoms with van der Waals surface area (Å²) in [5.41, 5.74) is 0.974. The molecule has 0 saturated heterocycles. The molecule has 0 bridgehead atoms. The van der Waals surface area contributed by atoms with Gasteiger partial charge in [-0.3, -0.25) is 0 Å². The standard InChI is InChI=1S/C6H3ClN2O2/c7-3-1-4-5(8-2-3)9-6(10)11-4/h1-2H,(H,8,9,10)/p+1. The molecule has 4 nitrogen and oxygen atoms in total. The van der Waals surface area contributed by atoms with E-state index in [0.29, 0.717) is 16.3 Å². The number of aromatic amines is 2. The summed E-state index contributed by atoms with van der Waals surface area (Å²) < 4.78 is 4.72. The smallest absolute Gasteiger partial charge is 0.383 e. The third-order valence-electron chi connectivity index (χ3n) is 1.30. The van der Waals surface area contributed by atoms with Crippen LogP contribution < -0.4 is 10.7 Å². The van der Waals surface area contributed by atoms with E-state index < -0.39 is 5.76 Å². The van der Waals surface area contributed by atoms with Gasteiger partial charge >= 0.3 is 11.4 Å². The molecule has 2 N–H and O–H groups in total. The fourth-order valence-electron chi connectivity index (χ4n) is 0.857. The van der Waals surface area contributed by atoms with Crippen molar-refractivity contribution in [1.82, 2.24) is 4.98 Å². The minimum atomic E-state index is -0.487. The van der Waals surface area contributed by atoms with Crippen LogP contribution in [0.25, 0.3) is 11.2 Å². The molecule has 2 aromatic heterocycles. The van der Waals surface area contributed by atoms with Crippen LogP contribution in [0, 0.1) is 0 Å². The largest absolute Gasteiger partial charge is 0.510 e. The Hall–Kier alpha value is -1.29. The lowest BCUT2D eigenvalue weighted by molar-refractivity contribution is -0.347. The van der Waals surface area contributed by atoms with Crippen molar-refractivity contribution in [3.63, 3.8) is 0 Å². The van der Waals surface area contributed by atoms with Gasteiger partial charge in [0.2, 0.25) is 5.58 Å². The fourth-order valence-corrected chi connectivity index (χ4v) is 1.01. The average Bonchev–Trinajstić information content (AvgIpc) is 2.27. The number of rotatable bonds is 0. The van der Waals surface area contributed by atoms with Crippen molar-refractivity contribution in [1.29, 1.82) is 0 Å². The molecule has 0 aliphatic rings. The highest BCUT2D eigenvalue weighted by atomic mass is 35.5. The zero-order valence-electron chi connectivity index (χ0n) is 5.35. The minimum Gasteiger partial charge on any atom is -0.383 e. The van der Waals surface area contributed by atoms with Crippen molar-refractivity contribution in [2.24, 2.45) is 0 Å². The molecule has 0 atom stereocenters. The van der Waals surface area contributed by atoms with Gasteiger partial charge in [-0.1, -0.05) is 11.6 Å². The zero-order valence-corrected chi connectivity index (χ0v) is 6.11. The van der Waals surface area contributed by atoms with Gasteiger partial charge < -0.3 is 4.42 Å². The van der Waals surface area contributed by atoms with E-state index in [4.69, 9.17) is 16.0 Å². The topological polar surface area (TPSA) is 60.1 Å². The van der Waals surface area contributed by atoms with Gasteiger partial charge in [0.15, 0.2) is 0 Å². The molecule has 0 aromatic carbocycles. The Morgan fingerprint density at radius 2 is 2.45 bits per heavy atom. The molecule has 0 radical (unpaired) electrons. The van der Waals surface area contributed by atoms with Crippen LogP contribution in [0.15, 0.2) is 21.5 Å². The average molecular weight is 172 g/mol. The fraction of sp³-hybridized carbons (Fsp3) is 0. The summed E-state index contributed by atoms with van der Waals surface area (Å²) in [6.07, 6.45) is 1.56. The highest BCUT2D eigenvalue weighted by Gasteiger charge is 2.07. The predicted octanol–water partition coefficient (Wildman–Crippen LogP) is 0.589. The van der Waals surface area contributed by atoms with Crippen molar-refractivity contribution >= 4 is 22.8 Å². The van der Waals surface area contributed by atoms with Crippen molar-refractivity contribution < 1.29 is 9.40 Å². The van der Waals surface area contributed by atoms with Gasteiger partial charge in [0.25, 0.3) is 0 Å². The SMILES string of the molecule is O=c1[nH]c2[nH+]cc(Cl)cc2o1. The predicted molar refractivity (Wildman–Crippen MR) is 38.4 cm³/mol. The third kappa shape index (κ3) is 1.01. The third-order valence-corrected chi connectivity index (χ3v) is 1.52. The molecule has 5 heteroatoms. The zero-order chi connectivity index (χ0) is 7.84. The molecule has 11 heavy (non-hydrogen) atoms. The molecule has 2 rings (SSSR count). The second-order valence-corrected chi connectivity index (χ2v) is 2.51. The Kier molecular flexibility index (Phi) is 1.22. The lowest BCUT2D eigenvalue weighted by atomic mass is 10.5. The van der Waals surface area contributed by atoms with E-state index in [1.54, 1.807) is 12.3 Å². The summed E-state index contributed by atoms with van der Waals surface area (Å²) in [4.78, 5) is 15.8. The Balaban J connectivity index is 2.92. The number of nitrogens with one attached hydrogen (secondary N) is 2. The van der Waals surface area contributed by atoms with Crippen molar-refractivity contribution in [2.45, 2.75) is 0 Å². The van der Waals surface area contributed by atoms with Crippen molar-refractivity contribution in [3.05, 3.63) is 27.8 Å². The molecular weight excluding hydrogens is 168 g/mol. The highest BCUT2D eigenvalue weighted by Crippen LogP contribution is 2.09. The van der Waals surface area contributed by atoms with Crippen LogP contribution in [0.4, 0.5) is 0 Å². The Morgan fingerprint density at radius 3 is 3.27 bits per heavy atom. The number of halogens is 1. The summed E-state index contributed by atoms with van der Waals surface area (Å²) >= 11 is 5.62. The van der Waals surface area contributed by atoms with E-state index in [0.717, 1.165) is 0 Å². The van der Waals surface area contributed by atoms with Crippen LogP contribution in [0.1, 0.15) is 0 Å². The number of fused-ring (bicyclic) bond motifs is 1. The molecule has 56 valence electrons. The first-order valence-electron chi connectivity index (χ1n) is 2.96. The van der Waals surface area contributed by atoms with Gasteiger partial charge in [0, 0.05) is 6.07 Å². The van der Waals surface area contributed by atoms with Crippen LogP contribution in [0.5, 0.6) is 0 Å². The second-order valence-electron chi connectivity index (χ2n) is 2.07. The van der Waals surface area contributed by atoms with Crippen LogP contribution >= 0.6 is 11.6 Å². The highest BCUT2D eigenvalue weighted by molar-refractivity contribution is 6.30. The first-order chi connectivity index (χ1) is 5.25. The molecule has 0 spiro atoms. The molecule has 2 aromatic rings. The van der Waals surface area contributed by atoms with Gasteiger partial charge in [-0.15, -0.1) is 0 Å². The second kappa shape index (κ2) is 2.10. The number of aromatic nitrogens is 2. The van der Waals surface area contributed by atoms with E-state index in [-0.39, 0.29) is 0 Å². The summed E-state index contributed by atoms with van der Waals surface area (Å²) in [6, 6.07) is 1.56. The molecule has 0 fully saturated rings. The van der Waals surface area contributed by atoms with E-state index >= 15 is 0 Å². The van der Waals surface area contributed by atoms with Crippen LogP contribution in [0.2, 0.25) is 5.02 Å². The first-order valence-corrected chi connectivity index (χ1v) is 3.33. The van der Waals surface area contributed by atoms with E-state index in [9.17, 15) is 4.79 Å². The molecule has 0 unspecified atom stereocenters. The van der Waals surface area contributed by atoms with Crippen LogP contribution in [-0.2, 0) is 0 Å². The van der Waals surface area contributed by atoms with Crippen LogP contribution in [-0.4, -0.2) is 4.98 Å². The number of H-pyrrole nitrogens is 2. The van der Waals surface area contributed by atoms with Gasteiger partial charge in [-0.05, 0) is 0 Å². The lowest BCUT2D eigenvalue weighted by Gasteiger charge is -1.81. The van der Waals surface area contributed by atoms with Gasteiger partial charge in [0.05, 0.1) is 5.02 Å². The Morgan fingerprint density at radius 1 is 1.64 bits per heavy atom. The molecule has 0 saturated carbocycles. The number of hydrogen-bond acceptors (Lipinski definition) is 2. The van der Waals surface area contributed by atoms with E-state index in [1.165, 1.54) is 0 Å². The quantitative estimate of drug-likeness (QED) is 0.631. The van der Waals surface area contributed by atoms with Crippen LogP contribution in [0.3, 0.4) is 0 Å². The Bertz CT molecular complexity index is 445. The molecule has 0 aliphatic carbocycles. The molecule has 2 heterocycles. The normalized spacial score (nSPS) is 10.6. The summed E-state index contributed by atoms with van der Waals surface area (Å²) in [5.74, 6) is -0.487. The summed E-state index contributed by atoms with van der Waals surface area (Å²) in [6.45, 7) is 0. The van der Waals surface area contributed by atoms with E-state index in [1.807, 2.05) is 0 Å². The van der Waals surface area contributed by atoms with Gasteiger partial charge in [-0.2, -0.15) is 9.78 Å². The summed E-state index contributed by atoms with van der Waals surface area (Å²) in [7, 11) is 0. The first kappa shape index (κ1) is 6.42. The maximum Gasteiger partial charge on any atom is 0.510 e. The minimum absolute atomic E-state index is 0.433. The Labute approximate surface area is 65.8 Å². The van der Waals surface area contributed by atoms with Gasteiger partial charge in [0.1, 0.15) is 6.20 Å². The maximum absolute atomic E-state index is 10.6. The maximum atomic E-state index is 10.6. The lowest BCUT2D eigenvalue weighted by Crippen LogP contribution is -2.04. The van der Waals surface area contributed by atoms with Crippen molar-refractivity contribution in [3.8, 4) is 0 Å². The van der Waals surface area contributed by atoms with Gasteiger partial charge in [-0.25, -0.2) is 4.98 Å². The van der Waals surface area contributed by atoms with Crippen molar-refractivity contribution in [2.75, 3.05) is 0 Å². The number of pyridine rings is 1. The molecule has 0 aliphatic heterocycles.